The number of carbonyl (C=O) groups is 3. The van der Waals surface area contributed by atoms with Crippen molar-refractivity contribution in [3.8, 4) is 22.9 Å². The minimum atomic E-state index is -1.03. The quantitative estimate of drug-likeness (QED) is 0.446. The molecule has 0 saturated carbocycles. The van der Waals surface area contributed by atoms with E-state index in [1.165, 1.54) is 38.7 Å². The molecule has 34 heavy (non-hydrogen) atoms. The number of aryl methyl sites for hydroxylation is 1. The number of nitriles is 1. The molecule has 2 aromatic rings. The van der Waals surface area contributed by atoms with E-state index in [1.807, 2.05) is 13.0 Å². The number of ether oxygens (including phenoxy) is 4. The van der Waals surface area contributed by atoms with Crippen LogP contribution in [0.25, 0.3) is 11.1 Å². The van der Waals surface area contributed by atoms with Gasteiger partial charge in [0.25, 0.3) is 0 Å². The summed E-state index contributed by atoms with van der Waals surface area (Å²) in [7, 11) is 0. The third-order valence-corrected chi connectivity index (χ3v) is 6.15. The van der Waals surface area contributed by atoms with Crippen molar-refractivity contribution >= 4 is 29.7 Å². The summed E-state index contributed by atoms with van der Waals surface area (Å²) < 4.78 is 22.3. The largest absolute Gasteiger partial charge is 0.474 e. The van der Waals surface area contributed by atoms with E-state index in [9.17, 15) is 14.4 Å². The Morgan fingerprint density at radius 3 is 2.29 bits per heavy atom. The van der Waals surface area contributed by atoms with E-state index < -0.39 is 41.7 Å². The highest BCUT2D eigenvalue weighted by molar-refractivity contribution is 7.99. The Balaban J connectivity index is 1.89. The van der Waals surface area contributed by atoms with Crippen molar-refractivity contribution in [2.24, 2.45) is 0 Å². The van der Waals surface area contributed by atoms with Crippen molar-refractivity contribution < 1.29 is 33.3 Å². The minimum absolute atomic E-state index is 0.266. The van der Waals surface area contributed by atoms with Crippen LogP contribution in [-0.2, 0) is 28.6 Å². The number of benzene rings is 1. The molecule has 3 rings (SSSR count). The summed E-state index contributed by atoms with van der Waals surface area (Å²) >= 11 is 1.27. The van der Waals surface area contributed by atoms with Gasteiger partial charge >= 0.3 is 17.9 Å². The molecule has 10 heteroatoms. The summed E-state index contributed by atoms with van der Waals surface area (Å²) in [6, 6.07) is 9.25. The molecule has 0 aliphatic carbocycles. The molecule has 1 aliphatic heterocycles. The lowest BCUT2D eigenvalue weighted by Gasteiger charge is -2.39. The van der Waals surface area contributed by atoms with E-state index in [0.29, 0.717) is 11.3 Å². The molecule has 1 saturated heterocycles. The van der Waals surface area contributed by atoms with Crippen LogP contribution in [0.1, 0.15) is 31.9 Å². The monoisotopic (exact) mass is 484 g/mol. The minimum Gasteiger partial charge on any atom is -0.474 e. The summed E-state index contributed by atoms with van der Waals surface area (Å²) in [4.78, 5) is 39.4. The number of hydrogen-bond acceptors (Lipinski definition) is 10. The molecule has 1 aliphatic rings. The van der Waals surface area contributed by atoms with Crippen molar-refractivity contribution in [3.63, 3.8) is 0 Å². The van der Waals surface area contributed by atoms with Crippen LogP contribution in [0, 0.1) is 18.3 Å². The van der Waals surface area contributed by atoms with E-state index >= 15 is 0 Å². The maximum Gasteiger partial charge on any atom is 0.303 e. The summed E-state index contributed by atoms with van der Waals surface area (Å²) in [6.45, 7) is 5.61. The molecule has 4 atom stereocenters. The summed E-state index contributed by atoms with van der Waals surface area (Å²) in [5.41, 5.74) is 2.38. The topological polar surface area (TPSA) is 125 Å². The molecular weight excluding hydrogens is 460 g/mol. The summed E-state index contributed by atoms with van der Waals surface area (Å²) in [5, 5.41) is 9.10. The first-order valence-corrected chi connectivity index (χ1v) is 11.5. The zero-order valence-electron chi connectivity index (χ0n) is 19.1. The zero-order chi connectivity index (χ0) is 24.8. The van der Waals surface area contributed by atoms with Crippen molar-refractivity contribution in [1.29, 1.82) is 5.26 Å². The average Bonchev–Trinajstić information content (AvgIpc) is 2.76. The fourth-order valence-electron chi connectivity index (χ4n) is 3.63. The van der Waals surface area contributed by atoms with E-state index in [0.717, 1.165) is 16.7 Å². The van der Waals surface area contributed by atoms with Crippen LogP contribution in [0.3, 0.4) is 0 Å². The molecule has 2 heterocycles. The number of aromatic nitrogens is 1. The summed E-state index contributed by atoms with van der Waals surface area (Å²) in [6.07, 6.45) is 0.337. The number of esters is 3. The molecule has 0 radical (unpaired) electrons. The van der Waals surface area contributed by atoms with Crippen LogP contribution in [0.4, 0.5) is 0 Å². The van der Waals surface area contributed by atoms with Crippen molar-refractivity contribution in [1.82, 2.24) is 4.98 Å². The molecule has 0 amide bonds. The smallest absolute Gasteiger partial charge is 0.303 e. The molecule has 0 N–H and O–H groups in total. The van der Waals surface area contributed by atoms with Crippen molar-refractivity contribution in [3.05, 3.63) is 47.8 Å². The molecule has 1 aromatic carbocycles. The third-order valence-electron chi connectivity index (χ3n) is 4.94. The second kappa shape index (κ2) is 11.0. The van der Waals surface area contributed by atoms with Crippen LogP contribution < -0.4 is 4.74 Å². The van der Waals surface area contributed by atoms with Crippen LogP contribution in [0.2, 0.25) is 0 Å². The van der Waals surface area contributed by atoms with Gasteiger partial charge in [-0.05, 0) is 36.2 Å². The Hall–Kier alpha value is -3.58. The lowest BCUT2D eigenvalue weighted by atomic mass is 10.00. The Morgan fingerprint density at radius 2 is 1.68 bits per heavy atom. The fourth-order valence-corrected chi connectivity index (χ4v) is 4.85. The lowest BCUT2D eigenvalue weighted by molar-refractivity contribution is -0.186. The first-order chi connectivity index (χ1) is 16.2. The lowest BCUT2D eigenvalue weighted by Crippen LogP contribution is -2.55. The first-order valence-electron chi connectivity index (χ1n) is 10.4. The van der Waals surface area contributed by atoms with Crippen LogP contribution in [-0.4, -0.2) is 52.4 Å². The number of hydrogen-bond donors (Lipinski definition) is 0. The van der Waals surface area contributed by atoms with Gasteiger partial charge in [0.1, 0.15) is 5.75 Å². The fraction of sp³-hybridized carbons (Fsp3) is 0.375. The van der Waals surface area contributed by atoms with Gasteiger partial charge in [0.2, 0.25) is 0 Å². The normalized spacial score (nSPS) is 21.6. The number of carbonyl (C=O) groups excluding carboxylic acids is 3. The molecule has 0 bridgehead atoms. The molecular formula is C24H24N2O7S. The Bertz CT molecular complexity index is 1130. The number of rotatable bonds is 6. The molecule has 1 fully saturated rings. The van der Waals surface area contributed by atoms with Gasteiger partial charge in [0, 0.05) is 38.3 Å². The molecule has 9 nitrogen and oxygen atoms in total. The van der Waals surface area contributed by atoms with Gasteiger partial charge in [-0.1, -0.05) is 6.07 Å². The van der Waals surface area contributed by atoms with Crippen molar-refractivity contribution in [2.75, 3.05) is 5.75 Å². The van der Waals surface area contributed by atoms with E-state index in [2.05, 4.69) is 11.1 Å². The number of thioether (sulfide) groups is 1. The predicted molar refractivity (Wildman–Crippen MR) is 123 cm³/mol. The molecule has 178 valence electrons. The van der Waals surface area contributed by atoms with Gasteiger partial charge in [0.15, 0.2) is 23.7 Å². The van der Waals surface area contributed by atoms with Gasteiger partial charge in [-0.3, -0.25) is 19.4 Å². The van der Waals surface area contributed by atoms with Gasteiger partial charge < -0.3 is 18.9 Å². The Labute approximate surface area is 201 Å². The first kappa shape index (κ1) is 25.1. The standard InChI is InChI=1S/C24H24N2O7S/c1-13-7-17(9-25)5-6-20(13)18-8-19(11-26-10-18)33-24-23(32-16(4)29)22(31-15(3)28)21(12-34-24)30-14(2)27/h5-8,10-11,21-24H,12H2,1-4H3/t21-,22+,23-,24-/m1/s1. The molecule has 0 spiro atoms. The highest BCUT2D eigenvalue weighted by Crippen LogP contribution is 2.35. The Morgan fingerprint density at radius 1 is 1.00 bits per heavy atom. The number of nitrogens with zero attached hydrogens (tertiary/aromatic N) is 2. The highest BCUT2D eigenvalue weighted by Gasteiger charge is 2.47. The average molecular weight is 485 g/mol. The second-order valence-corrected chi connectivity index (χ2v) is 8.80. The summed E-state index contributed by atoms with van der Waals surface area (Å²) in [5.74, 6) is -1.08. The molecule has 0 unspecified atom stereocenters. The predicted octanol–water partition coefficient (Wildman–Crippen LogP) is 3.18. The van der Waals surface area contributed by atoms with E-state index in [1.54, 1.807) is 24.4 Å². The highest BCUT2D eigenvalue weighted by atomic mass is 32.2. The molecule has 1 aromatic heterocycles. The van der Waals surface area contributed by atoms with Gasteiger partial charge in [-0.25, -0.2) is 0 Å². The van der Waals surface area contributed by atoms with Crippen LogP contribution in [0.15, 0.2) is 36.7 Å². The van der Waals surface area contributed by atoms with Gasteiger partial charge in [0.05, 0.1) is 17.8 Å². The Kier molecular flexibility index (Phi) is 8.12. The van der Waals surface area contributed by atoms with Crippen molar-refractivity contribution in [2.45, 2.75) is 51.4 Å². The third kappa shape index (κ3) is 6.26. The second-order valence-electron chi connectivity index (χ2n) is 7.67. The van der Waals surface area contributed by atoms with Gasteiger partial charge in [-0.2, -0.15) is 5.26 Å². The zero-order valence-corrected chi connectivity index (χ0v) is 20.0. The van der Waals surface area contributed by atoms with Crippen LogP contribution in [0.5, 0.6) is 5.75 Å². The maximum atomic E-state index is 11.8. The SMILES string of the molecule is CC(=O)O[C@@H]1[C@@H](OC(C)=O)[C@H](OC(C)=O)CS[C@H]1Oc1cncc(-c2ccc(C#N)cc2C)c1. The van der Waals surface area contributed by atoms with E-state index in [-0.39, 0.29) is 5.75 Å². The van der Waals surface area contributed by atoms with E-state index in [4.69, 9.17) is 24.2 Å². The number of pyridine rings is 1. The maximum absolute atomic E-state index is 11.8. The van der Waals surface area contributed by atoms with Gasteiger partial charge in [-0.15, -0.1) is 11.8 Å². The van der Waals surface area contributed by atoms with Crippen LogP contribution >= 0.6 is 11.8 Å².